The van der Waals surface area contributed by atoms with Gasteiger partial charge in [0.2, 0.25) is 0 Å². The molecule has 5 rings (SSSR count). The van der Waals surface area contributed by atoms with E-state index in [2.05, 4.69) is 41.1 Å². The van der Waals surface area contributed by atoms with E-state index in [1.165, 1.54) is 11.8 Å². The Bertz CT molecular complexity index is 1300. The van der Waals surface area contributed by atoms with Crippen molar-refractivity contribution >= 4 is 70.3 Å². The zero-order valence-corrected chi connectivity index (χ0v) is 26.2. The van der Waals surface area contributed by atoms with E-state index in [4.69, 9.17) is 17.0 Å². The summed E-state index contributed by atoms with van der Waals surface area (Å²) in [6, 6.07) is 28.0. The molecular weight excluding hydrogens is 593 g/mol. The molecule has 2 heterocycles. The van der Waals surface area contributed by atoms with Crippen molar-refractivity contribution < 1.29 is 9.53 Å². The van der Waals surface area contributed by atoms with Crippen LogP contribution in [0.2, 0.25) is 0 Å². The zero-order valence-electron chi connectivity index (χ0n) is 23.0. The molecule has 2 aliphatic rings. The number of nitrogens with zero attached hydrogens (tertiary/aromatic N) is 3. The average molecular weight is 629 g/mol. The first-order valence-corrected chi connectivity index (χ1v) is 14.5. The summed E-state index contributed by atoms with van der Waals surface area (Å²) in [4.78, 5) is 20.4. The lowest BCUT2D eigenvalue weighted by Gasteiger charge is -2.32. The van der Waals surface area contributed by atoms with Gasteiger partial charge in [0.15, 0.2) is 4.32 Å². The number of amides is 1. The van der Waals surface area contributed by atoms with Crippen molar-refractivity contribution in [3.63, 3.8) is 0 Å². The fourth-order valence-electron chi connectivity index (χ4n) is 4.70. The van der Waals surface area contributed by atoms with E-state index < -0.39 is 0 Å². The second-order valence-electron chi connectivity index (χ2n) is 9.69. The highest BCUT2D eigenvalue weighted by Gasteiger charge is 2.33. The van der Waals surface area contributed by atoms with Crippen LogP contribution in [-0.4, -0.2) is 66.4 Å². The summed E-state index contributed by atoms with van der Waals surface area (Å²) in [5.41, 5.74) is 3.99. The highest BCUT2D eigenvalue weighted by Crippen LogP contribution is 2.36. The number of likely N-dealkylation sites (N-methyl/N-ethyl adjacent to an activating group) is 1. The Morgan fingerprint density at radius 3 is 2.05 bits per heavy atom. The summed E-state index contributed by atoms with van der Waals surface area (Å²) < 4.78 is 6.49. The van der Waals surface area contributed by atoms with Crippen LogP contribution in [0.1, 0.15) is 17.5 Å². The molecule has 0 radical (unpaired) electrons. The largest absolute Gasteiger partial charge is 0.494 e. The molecule has 0 aliphatic carbocycles. The molecular formula is C32H35Cl2N3O2S2. The number of piperazine rings is 1. The quantitative estimate of drug-likeness (QED) is 0.145. The highest BCUT2D eigenvalue weighted by atomic mass is 35.5. The number of ether oxygens (including phenoxy) is 1. The third-order valence-corrected chi connectivity index (χ3v) is 8.26. The van der Waals surface area contributed by atoms with Crippen molar-refractivity contribution in [1.29, 1.82) is 0 Å². The Morgan fingerprint density at radius 2 is 1.46 bits per heavy atom. The topological polar surface area (TPSA) is 36.0 Å². The minimum atomic E-state index is -0.109. The van der Waals surface area contributed by atoms with E-state index in [0.29, 0.717) is 15.8 Å². The molecule has 5 nitrogen and oxygen atoms in total. The van der Waals surface area contributed by atoms with Crippen molar-refractivity contribution in [3.8, 4) is 5.75 Å². The lowest BCUT2D eigenvalue weighted by molar-refractivity contribution is -0.113. The van der Waals surface area contributed by atoms with Crippen LogP contribution in [0.25, 0.3) is 5.57 Å². The third-order valence-electron chi connectivity index (χ3n) is 6.94. The predicted octanol–water partition coefficient (Wildman–Crippen LogP) is 6.93. The first-order valence-electron chi connectivity index (χ1n) is 13.3. The smallest absolute Gasteiger partial charge is 0.270 e. The third kappa shape index (κ3) is 8.67. The van der Waals surface area contributed by atoms with Crippen molar-refractivity contribution in [2.24, 2.45) is 0 Å². The van der Waals surface area contributed by atoms with E-state index in [9.17, 15) is 4.79 Å². The van der Waals surface area contributed by atoms with Crippen molar-refractivity contribution in [2.45, 2.75) is 6.42 Å². The number of carbonyl (C=O) groups is 1. The summed E-state index contributed by atoms with van der Waals surface area (Å²) in [5, 5.41) is 0. The van der Waals surface area contributed by atoms with Gasteiger partial charge in [0, 0.05) is 32.7 Å². The summed E-state index contributed by atoms with van der Waals surface area (Å²) in [6.45, 7) is 6.24. The standard InChI is InChI=1S/C32H33N3O2S2.2ClH/c1-33-20-22-34(23-21-33)19-8-24-37-28-15-13-27(14-16-28)35-31(36)30(39-32(35)38)18-17-29(25-9-4-2-5-10-25)26-11-6-3-7-12-26;;/h2-7,9-18H,8,19-24H2,1H3;2*1H/b30-18-;;. The first-order chi connectivity index (χ1) is 19.1. The van der Waals surface area contributed by atoms with Gasteiger partial charge in [-0.2, -0.15) is 0 Å². The van der Waals surface area contributed by atoms with Crippen LogP contribution < -0.4 is 9.64 Å². The first kappa shape index (κ1) is 32.9. The molecule has 3 aromatic carbocycles. The number of hydrogen-bond donors (Lipinski definition) is 0. The Hall–Kier alpha value is -2.65. The highest BCUT2D eigenvalue weighted by molar-refractivity contribution is 8.27. The number of carbonyl (C=O) groups excluding carboxylic acids is 1. The van der Waals surface area contributed by atoms with E-state index in [1.54, 1.807) is 4.90 Å². The second kappa shape index (κ2) is 16.1. The van der Waals surface area contributed by atoms with Gasteiger partial charge in [-0.05, 0) is 60.5 Å². The van der Waals surface area contributed by atoms with E-state index in [0.717, 1.165) is 67.3 Å². The number of allylic oxidation sites excluding steroid dienone is 2. The van der Waals surface area contributed by atoms with Gasteiger partial charge in [-0.15, -0.1) is 24.8 Å². The van der Waals surface area contributed by atoms with Crippen LogP contribution >= 0.6 is 48.8 Å². The molecule has 2 aliphatic heterocycles. The molecule has 2 fully saturated rings. The van der Waals surface area contributed by atoms with Gasteiger partial charge < -0.3 is 14.5 Å². The maximum absolute atomic E-state index is 13.3. The number of thiocarbonyl (C=S) groups is 1. The predicted molar refractivity (Wildman–Crippen MR) is 181 cm³/mol. The van der Waals surface area contributed by atoms with E-state index in [-0.39, 0.29) is 30.7 Å². The monoisotopic (exact) mass is 627 g/mol. The number of anilines is 1. The van der Waals surface area contributed by atoms with Crippen LogP contribution in [0.15, 0.2) is 102 Å². The number of thioether (sulfide) groups is 1. The van der Waals surface area contributed by atoms with Gasteiger partial charge in [-0.25, -0.2) is 0 Å². The molecule has 41 heavy (non-hydrogen) atoms. The molecule has 216 valence electrons. The summed E-state index contributed by atoms with van der Waals surface area (Å²) >= 11 is 6.93. The van der Waals surface area contributed by atoms with Crippen LogP contribution in [-0.2, 0) is 4.79 Å². The molecule has 0 atom stereocenters. The minimum Gasteiger partial charge on any atom is -0.494 e. The average Bonchev–Trinajstić information content (AvgIpc) is 3.26. The van der Waals surface area contributed by atoms with Gasteiger partial charge in [-0.3, -0.25) is 9.69 Å². The molecule has 0 bridgehead atoms. The minimum absolute atomic E-state index is 0. The Morgan fingerprint density at radius 1 is 0.878 bits per heavy atom. The molecule has 0 unspecified atom stereocenters. The van der Waals surface area contributed by atoms with Gasteiger partial charge in [0.05, 0.1) is 17.2 Å². The zero-order chi connectivity index (χ0) is 27.0. The SMILES string of the molecule is CN1CCN(CCCOc2ccc(N3C(=O)/C(=C/C=C(c4ccccc4)c4ccccc4)SC3=S)cc2)CC1.Cl.Cl. The van der Waals surface area contributed by atoms with Gasteiger partial charge in [0.1, 0.15) is 5.75 Å². The van der Waals surface area contributed by atoms with E-state index >= 15 is 0 Å². The van der Waals surface area contributed by atoms with Gasteiger partial charge in [0.25, 0.3) is 5.91 Å². The lowest BCUT2D eigenvalue weighted by atomic mass is 9.97. The van der Waals surface area contributed by atoms with Crippen LogP contribution in [0.4, 0.5) is 5.69 Å². The maximum atomic E-state index is 13.3. The van der Waals surface area contributed by atoms with Crippen LogP contribution in [0, 0.1) is 0 Å². The van der Waals surface area contributed by atoms with Gasteiger partial charge >= 0.3 is 0 Å². The Balaban J connectivity index is 0.00000231. The number of benzene rings is 3. The normalized spacial score (nSPS) is 16.7. The molecule has 0 N–H and O–H groups in total. The summed E-state index contributed by atoms with van der Waals surface area (Å²) in [7, 11) is 2.17. The number of hydrogen-bond acceptors (Lipinski definition) is 6. The number of halogens is 2. The number of rotatable bonds is 9. The van der Waals surface area contributed by atoms with Gasteiger partial charge in [-0.1, -0.05) is 90.7 Å². The fraction of sp³-hybridized carbons (Fsp3) is 0.250. The molecule has 3 aromatic rings. The Kier molecular flexibility index (Phi) is 12.9. The van der Waals surface area contributed by atoms with Crippen LogP contribution in [0.3, 0.4) is 0 Å². The van der Waals surface area contributed by atoms with Crippen LogP contribution in [0.5, 0.6) is 5.75 Å². The van der Waals surface area contributed by atoms with Crippen molar-refractivity contribution in [1.82, 2.24) is 9.80 Å². The fourth-order valence-corrected chi connectivity index (χ4v) is 5.94. The molecule has 2 saturated heterocycles. The maximum Gasteiger partial charge on any atom is 0.270 e. The molecule has 0 saturated carbocycles. The van der Waals surface area contributed by atoms with E-state index in [1.807, 2.05) is 72.8 Å². The Labute approximate surface area is 265 Å². The summed E-state index contributed by atoms with van der Waals surface area (Å²) in [6.07, 6.45) is 4.88. The van der Waals surface area contributed by atoms with Crippen molar-refractivity contribution in [3.05, 3.63) is 113 Å². The second-order valence-corrected chi connectivity index (χ2v) is 11.4. The summed E-state index contributed by atoms with van der Waals surface area (Å²) in [5.74, 6) is 0.693. The molecule has 0 spiro atoms. The lowest BCUT2D eigenvalue weighted by Crippen LogP contribution is -2.44. The molecule has 9 heteroatoms. The van der Waals surface area contributed by atoms with Crippen molar-refractivity contribution in [2.75, 3.05) is 51.3 Å². The molecule has 1 amide bonds. The molecule has 0 aromatic heterocycles.